The average molecular weight is 261 g/mol. The fraction of sp³-hybridized carbons (Fsp3) is 0.533. The van der Waals surface area contributed by atoms with Crippen LogP contribution in [0.1, 0.15) is 18.4 Å². The van der Waals surface area contributed by atoms with Crippen molar-refractivity contribution in [2.24, 2.45) is 5.92 Å². The Morgan fingerprint density at radius 3 is 2.47 bits per heavy atom. The highest BCUT2D eigenvalue weighted by Crippen LogP contribution is 2.30. The van der Waals surface area contributed by atoms with E-state index in [4.69, 9.17) is 9.84 Å². The number of hydrogen-bond acceptors (Lipinski definition) is 3. The summed E-state index contributed by atoms with van der Waals surface area (Å²) in [6.07, 6.45) is 2.84. The number of nitrogens with zero attached hydrogens (tertiary/aromatic N) is 1. The van der Waals surface area contributed by atoms with Crippen LogP contribution in [0.5, 0.6) is 5.75 Å². The van der Waals surface area contributed by atoms with Gasteiger partial charge in [-0.25, -0.2) is 0 Å². The predicted octanol–water partition coefficient (Wildman–Crippen LogP) is 1.79. The van der Waals surface area contributed by atoms with Crippen molar-refractivity contribution in [1.29, 1.82) is 0 Å². The van der Waals surface area contributed by atoms with Gasteiger partial charge in [-0.3, -0.25) is 9.69 Å². The zero-order valence-electron chi connectivity index (χ0n) is 10.9. The summed E-state index contributed by atoms with van der Waals surface area (Å²) in [5, 5.41) is 8.73. The van der Waals surface area contributed by atoms with Crippen molar-refractivity contribution < 1.29 is 14.6 Å². The van der Waals surface area contributed by atoms with Crippen LogP contribution in [0.4, 0.5) is 0 Å². The maximum atomic E-state index is 10.6. The van der Waals surface area contributed by atoms with Gasteiger partial charge in [-0.2, -0.15) is 0 Å². The van der Waals surface area contributed by atoms with Gasteiger partial charge in [0.15, 0.2) is 0 Å². The third kappa shape index (κ3) is 2.89. The van der Waals surface area contributed by atoms with E-state index in [2.05, 4.69) is 4.90 Å². The Morgan fingerprint density at radius 2 is 1.95 bits per heavy atom. The molecule has 0 radical (unpaired) electrons. The first-order valence-corrected chi connectivity index (χ1v) is 6.90. The summed E-state index contributed by atoms with van der Waals surface area (Å²) in [4.78, 5) is 13.1. The summed E-state index contributed by atoms with van der Waals surface area (Å²) in [7, 11) is 0. The molecule has 3 aliphatic rings. The molecule has 1 aromatic rings. The van der Waals surface area contributed by atoms with Crippen molar-refractivity contribution >= 4 is 5.97 Å². The summed E-state index contributed by atoms with van der Waals surface area (Å²) in [5.41, 5.74) is 0.814. The van der Waals surface area contributed by atoms with Gasteiger partial charge in [0.1, 0.15) is 11.9 Å². The maximum absolute atomic E-state index is 10.6. The van der Waals surface area contributed by atoms with Crippen molar-refractivity contribution in [2.75, 3.05) is 19.6 Å². The van der Waals surface area contributed by atoms with E-state index < -0.39 is 5.97 Å². The minimum Gasteiger partial charge on any atom is -0.489 e. The van der Waals surface area contributed by atoms with Gasteiger partial charge in [0, 0.05) is 6.54 Å². The molecule has 2 bridgehead atoms. The van der Waals surface area contributed by atoms with Crippen molar-refractivity contribution in [2.45, 2.75) is 25.4 Å². The fourth-order valence-corrected chi connectivity index (χ4v) is 3.08. The van der Waals surface area contributed by atoms with Crippen LogP contribution in [0.25, 0.3) is 0 Å². The molecule has 0 aromatic heterocycles. The molecule has 3 saturated heterocycles. The minimum atomic E-state index is -0.800. The molecule has 3 aliphatic heterocycles. The molecule has 1 aromatic carbocycles. The van der Waals surface area contributed by atoms with Crippen LogP contribution in [-0.2, 0) is 11.2 Å². The summed E-state index contributed by atoms with van der Waals surface area (Å²) in [5.74, 6) is 0.739. The smallest absolute Gasteiger partial charge is 0.307 e. The highest BCUT2D eigenvalue weighted by molar-refractivity contribution is 5.70. The highest BCUT2D eigenvalue weighted by atomic mass is 16.5. The van der Waals surface area contributed by atoms with Gasteiger partial charge >= 0.3 is 5.97 Å². The number of aliphatic carboxylic acids is 1. The SMILES string of the molecule is O=C(O)Cc1ccc(OC2CN3CCC2CC3)cc1. The van der Waals surface area contributed by atoms with Gasteiger partial charge in [0.2, 0.25) is 0 Å². The molecule has 0 saturated carbocycles. The maximum Gasteiger partial charge on any atom is 0.307 e. The number of benzene rings is 1. The largest absolute Gasteiger partial charge is 0.489 e. The molecule has 4 rings (SSSR count). The Balaban J connectivity index is 1.62. The number of piperidine rings is 3. The monoisotopic (exact) mass is 261 g/mol. The van der Waals surface area contributed by atoms with Crippen LogP contribution in [0, 0.1) is 5.92 Å². The summed E-state index contributed by atoms with van der Waals surface area (Å²) in [6, 6.07) is 7.45. The number of ether oxygens (including phenoxy) is 1. The van der Waals surface area contributed by atoms with Crippen molar-refractivity contribution in [3.8, 4) is 5.75 Å². The number of fused-ring (bicyclic) bond motifs is 3. The van der Waals surface area contributed by atoms with Gasteiger partial charge in [0.05, 0.1) is 6.42 Å². The summed E-state index contributed by atoms with van der Waals surface area (Å²) < 4.78 is 6.06. The van der Waals surface area contributed by atoms with E-state index in [-0.39, 0.29) is 6.42 Å². The van der Waals surface area contributed by atoms with E-state index in [0.717, 1.165) is 17.9 Å². The molecule has 19 heavy (non-hydrogen) atoms. The highest BCUT2D eigenvalue weighted by Gasteiger charge is 2.35. The third-order valence-electron chi connectivity index (χ3n) is 4.16. The Hall–Kier alpha value is -1.55. The zero-order chi connectivity index (χ0) is 13.2. The standard InChI is InChI=1S/C15H19NO3/c17-15(18)9-11-1-3-13(4-2-11)19-14-10-16-7-5-12(14)6-8-16/h1-4,12,14H,5-10H2,(H,17,18). The second kappa shape index (κ2) is 5.21. The van der Waals surface area contributed by atoms with Crippen LogP contribution in [0.2, 0.25) is 0 Å². The molecule has 0 aliphatic carbocycles. The van der Waals surface area contributed by atoms with Gasteiger partial charge in [-0.05, 0) is 49.5 Å². The van der Waals surface area contributed by atoms with Gasteiger partial charge in [0.25, 0.3) is 0 Å². The minimum absolute atomic E-state index is 0.0696. The Morgan fingerprint density at radius 1 is 1.26 bits per heavy atom. The van der Waals surface area contributed by atoms with Crippen LogP contribution in [-0.4, -0.2) is 41.7 Å². The van der Waals surface area contributed by atoms with Crippen LogP contribution in [0.3, 0.4) is 0 Å². The van der Waals surface area contributed by atoms with Gasteiger partial charge in [-0.1, -0.05) is 12.1 Å². The first-order chi connectivity index (χ1) is 9.20. The molecule has 0 spiro atoms. The lowest BCUT2D eigenvalue weighted by Gasteiger charge is -2.44. The Labute approximate surface area is 113 Å². The lowest BCUT2D eigenvalue weighted by molar-refractivity contribution is -0.136. The Bertz CT molecular complexity index is 449. The predicted molar refractivity (Wildman–Crippen MR) is 71.4 cm³/mol. The molecule has 1 unspecified atom stereocenters. The van der Waals surface area contributed by atoms with Crippen molar-refractivity contribution in [3.63, 3.8) is 0 Å². The van der Waals surface area contributed by atoms with E-state index in [0.29, 0.717) is 12.0 Å². The summed E-state index contributed by atoms with van der Waals surface area (Å²) >= 11 is 0. The molecular weight excluding hydrogens is 242 g/mol. The quantitative estimate of drug-likeness (QED) is 0.897. The zero-order valence-corrected chi connectivity index (χ0v) is 10.9. The van der Waals surface area contributed by atoms with Crippen LogP contribution >= 0.6 is 0 Å². The van der Waals surface area contributed by atoms with Crippen molar-refractivity contribution in [1.82, 2.24) is 4.90 Å². The van der Waals surface area contributed by atoms with E-state index >= 15 is 0 Å². The number of carboxylic acids is 1. The Kier molecular flexibility index (Phi) is 3.42. The van der Waals surface area contributed by atoms with Crippen molar-refractivity contribution in [3.05, 3.63) is 29.8 Å². The molecule has 1 N–H and O–H groups in total. The lowest BCUT2D eigenvalue weighted by Crippen LogP contribution is -2.52. The third-order valence-corrected chi connectivity index (χ3v) is 4.16. The second-order valence-electron chi connectivity index (χ2n) is 5.51. The number of carboxylic acid groups (broad SMARTS) is 1. The van der Waals surface area contributed by atoms with Gasteiger partial charge in [-0.15, -0.1) is 0 Å². The molecule has 4 nitrogen and oxygen atoms in total. The molecule has 3 fully saturated rings. The topological polar surface area (TPSA) is 49.8 Å². The molecule has 4 heteroatoms. The summed E-state index contributed by atoms with van der Waals surface area (Å²) in [6.45, 7) is 3.45. The van der Waals surface area contributed by atoms with Crippen LogP contribution < -0.4 is 4.74 Å². The molecule has 0 amide bonds. The van der Waals surface area contributed by atoms with E-state index in [1.54, 1.807) is 0 Å². The molecule has 102 valence electrons. The number of carbonyl (C=O) groups is 1. The van der Waals surface area contributed by atoms with E-state index in [1.165, 1.54) is 25.9 Å². The lowest BCUT2D eigenvalue weighted by atomic mass is 9.86. The van der Waals surface area contributed by atoms with Crippen LogP contribution in [0.15, 0.2) is 24.3 Å². The molecule has 3 heterocycles. The van der Waals surface area contributed by atoms with E-state index in [9.17, 15) is 4.79 Å². The number of rotatable bonds is 4. The molecular formula is C15H19NO3. The first-order valence-electron chi connectivity index (χ1n) is 6.90. The first kappa shape index (κ1) is 12.5. The molecule has 1 atom stereocenters. The van der Waals surface area contributed by atoms with Gasteiger partial charge < -0.3 is 9.84 Å². The fourth-order valence-electron chi connectivity index (χ4n) is 3.08. The average Bonchev–Trinajstić information content (AvgIpc) is 2.42. The second-order valence-corrected chi connectivity index (χ2v) is 5.51. The van der Waals surface area contributed by atoms with E-state index in [1.807, 2.05) is 24.3 Å². The number of hydrogen-bond donors (Lipinski definition) is 1. The normalized spacial score (nSPS) is 29.2.